The lowest BCUT2D eigenvalue weighted by molar-refractivity contribution is 0.374. The standard InChI is InChI=1S/C14H29N/c1-4-14(12(2)3)15-11-7-10-13-8-5-6-9-13/h12-15H,4-11H2,1-3H3. The average molecular weight is 211 g/mol. The van der Waals surface area contributed by atoms with Gasteiger partial charge in [0.15, 0.2) is 0 Å². The van der Waals surface area contributed by atoms with E-state index in [0.29, 0.717) is 0 Å². The highest BCUT2D eigenvalue weighted by atomic mass is 14.9. The number of rotatable bonds is 7. The van der Waals surface area contributed by atoms with E-state index in [4.69, 9.17) is 0 Å². The number of hydrogen-bond acceptors (Lipinski definition) is 1. The molecule has 0 aliphatic heterocycles. The zero-order valence-corrected chi connectivity index (χ0v) is 10.9. The Morgan fingerprint density at radius 1 is 1.20 bits per heavy atom. The molecule has 1 aliphatic carbocycles. The minimum atomic E-state index is 0.730. The second kappa shape index (κ2) is 7.27. The first kappa shape index (κ1) is 13.0. The van der Waals surface area contributed by atoms with Crippen molar-refractivity contribution >= 4 is 0 Å². The first-order chi connectivity index (χ1) is 7.24. The molecule has 1 fully saturated rings. The summed E-state index contributed by atoms with van der Waals surface area (Å²) in [6.45, 7) is 8.15. The molecule has 15 heavy (non-hydrogen) atoms. The molecule has 1 saturated carbocycles. The van der Waals surface area contributed by atoms with Gasteiger partial charge in [-0.25, -0.2) is 0 Å². The Hall–Kier alpha value is -0.0400. The maximum atomic E-state index is 3.69. The zero-order valence-electron chi connectivity index (χ0n) is 10.9. The molecule has 0 spiro atoms. The fourth-order valence-electron chi connectivity index (χ4n) is 2.83. The van der Waals surface area contributed by atoms with E-state index in [0.717, 1.165) is 17.9 Å². The summed E-state index contributed by atoms with van der Waals surface area (Å²) in [6.07, 6.45) is 10.1. The van der Waals surface area contributed by atoms with Crippen LogP contribution < -0.4 is 5.32 Å². The maximum absolute atomic E-state index is 3.69. The van der Waals surface area contributed by atoms with Crippen molar-refractivity contribution in [3.63, 3.8) is 0 Å². The van der Waals surface area contributed by atoms with Crippen LogP contribution in [0.25, 0.3) is 0 Å². The lowest BCUT2D eigenvalue weighted by atomic mass is 10.00. The summed E-state index contributed by atoms with van der Waals surface area (Å²) >= 11 is 0. The highest BCUT2D eigenvalue weighted by molar-refractivity contribution is 4.70. The van der Waals surface area contributed by atoms with Gasteiger partial charge in [0.2, 0.25) is 0 Å². The van der Waals surface area contributed by atoms with Crippen molar-refractivity contribution in [1.29, 1.82) is 0 Å². The molecule has 1 rings (SSSR count). The highest BCUT2D eigenvalue weighted by Gasteiger charge is 2.14. The summed E-state index contributed by atoms with van der Waals surface area (Å²) in [5, 5.41) is 3.69. The maximum Gasteiger partial charge on any atom is 0.00874 e. The van der Waals surface area contributed by atoms with Crippen LogP contribution in [0.2, 0.25) is 0 Å². The van der Waals surface area contributed by atoms with E-state index < -0.39 is 0 Å². The zero-order chi connectivity index (χ0) is 11.1. The van der Waals surface area contributed by atoms with Crippen LogP contribution in [0.3, 0.4) is 0 Å². The van der Waals surface area contributed by atoms with Crippen molar-refractivity contribution in [3.05, 3.63) is 0 Å². The molecule has 1 aliphatic rings. The van der Waals surface area contributed by atoms with Crippen LogP contribution in [0.1, 0.15) is 65.7 Å². The van der Waals surface area contributed by atoms with Gasteiger partial charge in [-0.3, -0.25) is 0 Å². The van der Waals surface area contributed by atoms with Crippen LogP contribution in [0.15, 0.2) is 0 Å². The molecule has 1 atom stereocenters. The summed E-state index contributed by atoms with van der Waals surface area (Å²) in [7, 11) is 0. The Morgan fingerprint density at radius 2 is 1.87 bits per heavy atom. The monoisotopic (exact) mass is 211 g/mol. The molecule has 0 heterocycles. The Labute approximate surface area is 96.0 Å². The third kappa shape index (κ3) is 5.01. The van der Waals surface area contributed by atoms with Crippen LogP contribution in [-0.2, 0) is 0 Å². The molecule has 1 N–H and O–H groups in total. The SMILES string of the molecule is CCC(NCCCC1CCCC1)C(C)C. The van der Waals surface area contributed by atoms with Gasteiger partial charge in [-0.1, -0.05) is 46.5 Å². The Balaban J connectivity index is 1.99. The lowest BCUT2D eigenvalue weighted by Crippen LogP contribution is -2.33. The van der Waals surface area contributed by atoms with Crippen molar-refractivity contribution in [3.8, 4) is 0 Å². The summed E-state index contributed by atoms with van der Waals surface area (Å²) in [4.78, 5) is 0. The van der Waals surface area contributed by atoms with Gasteiger partial charge in [-0.2, -0.15) is 0 Å². The predicted octanol–water partition coefficient (Wildman–Crippen LogP) is 3.98. The number of hydrogen-bond donors (Lipinski definition) is 1. The van der Waals surface area contributed by atoms with Crippen LogP contribution >= 0.6 is 0 Å². The average Bonchev–Trinajstić information content (AvgIpc) is 2.70. The summed E-state index contributed by atoms with van der Waals surface area (Å²) in [5.41, 5.74) is 0. The van der Waals surface area contributed by atoms with Crippen molar-refractivity contribution < 1.29 is 0 Å². The van der Waals surface area contributed by atoms with Gasteiger partial charge < -0.3 is 5.32 Å². The minimum Gasteiger partial charge on any atom is -0.314 e. The van der Waals surface area contributed by atoms with Crippen LogP contribution in [-0.4, -0.2) is 12.6 Å². The Bertz CT molecular complexity index is 147. The van der Waals surface area contributed by atoms with Gasteiger partial charge in [0.25, 0.3) is 0 Å². The summed E-state index contributed by atoms with van der Waals surface area (Å²) < 4.78 is 0. The topological polar surface area (TPSA) is 12.0 Å². The van der Waals surface area contributed by atoms with Crippen molar-refractivity contribution in [1.82, 2.24) is 5.32 Å². The molecule has 1 heteroatoms. The third-order valence-corrected chi connectivity index (χ3v) is 3.91. The minimum absolute atomic E-state index is 0.730. The molecule has 0 radical (unpaired) electrons. The van der Waals surface area contributed by atoms with Gasteiger partial charge in [0.1, 0.15) is 0 Å². The summed E-state index contributed by atoms with van der Waals surface area (Å²) in [6, 6.07) is 0.730. The van der Waals surface area contributed by atoms with E-state index in [-0.39, 0.29) is 0 Å². The van der Waals surface area contributed by atoms with Gasteiger partial charge in [-0.15, -0.1) is 0 Å². The van der Waals surface area contributed by atoms with E-state index in [1.165, 1.54) is 51.5 Å². The normalized spacial score (nSPS) is 20.0. The first-order valence-corrected chi connectivity index (χ1v) is 6.97. The van der Waals surface area contributed by atoms with Gasteiger partial charge in [0.05, 0.1) is 0 Å². The van der Waals surface area contributed by atoms with Gasteiger partial charge in [0, 0.05) is 6.04 Å². The second-order valence-electron chi connectivity index (χ2n) is 5.51. The van der Waals surface area contributed by atoms with Crippen LogP contribution in [0.5, 0.6) is 0 Å². The fraction of sp³-hybridized carbons (Fsp3) is 1.00. The molecular weight excluding hydrogens is 182 g/mol. The molecule has 0 saturated heterocycles. The molecule has 0 amide bonds. The lowest BCUT2D eigenvalue weighted by Gasteiger charge is -2.21. The molecule has 0 bridgehead atoms. The quantitative estimate of drug-likeness (QED) is 0.628. The molecular formula is C14H29N. The highest BCUT2D eigenvalue weighted by Crippen LogP contribution is 2.28. The van der Waals surface area contributed by atoms with Gasteiger partial charge in [-0.05, 0) is 37.6 Å². The number of nitrogens with one attached hydrogen (secondary N) is 1. The second-order valence-corrected chi connectivity index (χ2v) is 5.51. The van der Waals surface area contributed by atoms with E-state index >= 15 is 0 Å². The Morgan fingerprint density at radius 3 is 2.40 bits per heavy atom. The molecule has 90 valence electrons. The molecule has 0 aromatic carbocycles. The fourth-order valence-corrected chi connectivity index (χ4v) is 2.83. The van der Waals surface area contributed by atoms with E-state index in [2.05, 4.69) is 26.1 Å². The van der Waals surface area contributed by atoms with Crippen molar-refractivity contribution in [2.45, 2.75) is 71.8 Å². The summed E-state index contributed by atoms with van der Waals surface area (Å²) in [5.74, 6) is 1.84. The smallest absolute Gasteiger partial charge is 0.00874 e. The van der Waals surface area contributed by atoms with E-state index in [1.807, 2.05) is 0 Å². The van der Waals surface area contributed by atoms with Crippen LogP contribution in [0.4, 0.5) is 0 Å². The Kier molecular flexibility index (Phi) is 6.31. The molecule has 0 aromatic heterocycles. The first-order valence-electron chi connectivity index (χ1n) is 6.97. The molecule has 1 unspecified atom stereocenters. The van der Waals surface area contributed by atoms with Gasteiger partial charge >= 0.3 is 0 Å². The predicted molar refractivity (Wildman–Crippen MR) is 68.1 cm³/mol. The van der Waals surface area contributed by atoms with Crippen molar-refractivity contribution in [2.75, 3.05) is 6.54 Å². The van der Waals surface area contributed by atoms with Crippen LogP contribution in [0, 0.1) is 11.8 Å². The van der Waals surface area contributed by atoms with E-state index in [1.54, 1.807) is 0 Å². The third-order valence-electron chi connectivity index (χ3n) is 3.91. The largest absolute Gasteiger partial charge is 0.314 e. The van der Waals surface area contributed by atoms with Crippen molar-refractivity contribution in [2.24, 2.45) is 11.8 Å². The molecule has 0 aromatic rings. The van der Waals surface area contributed by atoms with E-state index in [9.17, 15) is 0 Å². The molecule has 1 nitrogen and oxygen atoms in total.